The lowest BCUT2D eigenvalue weighted by Gasteiger charge is -2.46. The summed E-state index contributed by atoms with van der Waals surface area (Å²) in [7, 11) is 1.67. The second-order valence-electron chi connectivity index (χ2n) is 6.95. The second-order valence-corrected chi connectivity index (χ2v) is 7.39. The van der Waals surface area contributed by atoms with Crippen LogP contribution in [0.25, 0.3) is 0 Å². The molecule has 148 valence electrons. The lowest BCUT2D eigenvalue weighted by atomic mass is 9.95. The van der Waals surface area contributed by atoms with Gasteiger partial charge in [0.1, 0.15) is 5.71 Å². The van der Waals surface area contributed by atoms with Crippen LogP contribution in [0, 0.1) is 0 Å². The molecule has 0 bridgehead atoms. The van der Waals surface area contributed by atoms with E-state index in [1.54, 1.807) is 7.11 Å². The van der Waals surface area contributed by atoms with Gasteiger partial charge in [0.15, 0.2) is 5.72 Å². The third-order valence-corrected chi connectivity index (χ3v) is 5.28. The van der Waals surface area contributed by atoms with Gasteiger partial charge in [-0.25, -0.2) is 4.99 Å². The van der Waals surface area contributed by atoms with E-state index in [1.165, 1.54) is 0 Å². The summed E-state index contributed by atoms with van der Waals surface area (Å²) in [4.78, 5) is 7.21. The normalized spacial score (nSPS) is 18.3. The minimum atomic E-state index is -0.831. The van der Waals surface area contributed by atoms with E-state index in [4.69, 9.17) is 26.1 Å². The molecule has 0 aromatic heterocycles. The third kappa shape index (κ3) is 3.79. The minimum Gasteiger partial charge on any atom is -0.382 e. The third-order valence-electron chi connectivity index (χ3n) is 5.02. The van der Waals surface area contributed by atoms with Crippen molar-refractivity contribution in [3.8, 4) is 0 Å². The van der Waals surface area contributed by atoms with Crippen LogP contribution in [0.5, 0.6) is 0 Å². The van der Waals surface area contributed by atoms with E-state index in [9.17, 15) is 0 Å². The van der Waals surface area contributed by atoms with Gasteiger partial charge in [0.2, 0.25) is 0 Å². The summed E-state index contributed by atoms with van der Waals surface area (Å²) < 4.78 is 11.7. The Hall–Kier alpha value is -2.66. The first-order chi connectivity index (χ1) is 14.1. The zero-order valence-corrected chi connectivity index (χ0v) is 17.3. The Bertz CT molecular complexity index is 1000. The van der Waals surface area contributed by atoms with Gasteiger partial charge in [0.05, 0.1) is 24.6 Å². The van der Waals surface area contributed by atoms with Crippen LogP contribution in [0.2, 0.25) is 5.02 Å². The van der Waals surface area contributed by atoms with Gasteiger partial charge in [0.25, 0.3) is 0 Å². The Kier molecular flexibility index (Phi) is 5.67. The van der Waals surface area contributed by atoms with Crippen LogP contribution >= 0.6 is 11.6 Å². The van der Waals surface area contributed by atoms with Gasteiger partial charge < -0.3 is 14.4 Å². The van der Waals surface area contributed by atoms with Crippen LogP contribution in [0.4, 0.5) is 17.1 Å². The molecule has 0 N–H and O–H groups in total. The molecule has 4 rings (SSSR count). The summed E-state index contributed by atoms with van der Waals surface area (Å²) in [6.07, 6.45) is 0. The number of hydrogen-bond acceptors (Lipinski definition) is 4. The van der Waals surface area contributed by atoms with Crippen molar-refractivity contribution in [1.29, 1.82) is 0 Å². The van der Waals surface area contributed by atoms with Crippen molar-refractivity contribution in [1.82, 2.24) is 0 Å². The number of para-hydroxylation sites is 2. The number of nitrogens with zero attached hydrogens (tertiary/aromatic N) is 2. The number of benzene rings is 3. The molecule has 0 spiro atoms. The fourth-order valence-corrected chi connectivity index (χ4v) is 3.79. The fraction of sp³-hybridized carbons (Fsp3) is 0.208. The van der Waals surface area contributed by atoms with Crippen LogP contribution < -0.4 is 4.90 Å². The number of aliphatic imine (C=N–C) groups is 1. The summed E-state index contributed by atoms with van der Waals surface area (Å²) in [5.41, 5.74) is 3.89. The van der Waals surface area contributed by atoms with Gasteiger partial charge in [-0.1, -0.05) is 54.1 Å². The number of rotatable bonds is 6. The Morgan fingerprint density at radius 1 is 0.897 bits per heavy atom. The number of fused-ring (bicyclic) bond motifs is 1. The minimum absolute atomic E-state index is 0.436. The molecule has 0 fully saturated rings. The van der Waals surface area contributed by atoms with Crippen molar-refractivity contribution < 1.29 is 9.47 Å². The molecule has 0 amide bonds. The molecule has 1 unspecified atom stereocenters. The van der Waals surface area contributed by atoms with Gasteiger partial charge in [-0.2, -0.15) is 0 Å². The molecule has 1 atom stereocenters. The number of ether oxygens (including phenoxy) is 2. The Morgan fingerprint density at radius 2 is 1.59 bits per heavy atom. The standard InChI is InChI=1S/C24H23ClN2O2/c1-24(29-17-16-28-2)23(18-8-4-3-5-9-18)26-21-10-6-7-11-22(21)27(24)20-14-12-19(25)13-15-20/h3-15H,16-17H2,1-2H3. The highest BCUT2D eigenvalue weighted by Crippen LogP contribution is 2.45. The molecule has 4 nitrogen and oxygen atoms in total. The molecule has 3 aromatic carbocycles. The molecule has 0 radical (unpaired) electrons. The second kappa shape index (κ2) is 8.37. The molecule has 3 aromatic rings. The summed E-state index contributed by atoms with van der Waals surface area (Å²) in [5, 5.41) is 0.693. The van der Waals surface area contributed by atoms with Crippen molar-refractivity contribution in [2.24, 2.45) is 4.99 Å². The molecule has 5 heteroatoms. The lowest BCUT2D eigenvalue weighted by Crippen LogP contribution is -2.54. The van der Waals surface area contributed by atoms with Crippen molar-refractivity contribution in [3.63, 3.8) is 0 Å². The van der Waals surface area contributed by atoms with E-state index in [1.807, 2.05) is 60.7 Å². The first-order valence-corrected chi connectivity index (χ1v) is 9.93. The quantitative estimate of drug-likeness (QED) is 0.471. The summed E-state index contributed by atoms with van der Waals surface area (Å²) in [5.74, 6) is 0. The molecule has 1 heterocycles. The predicted molar refractivity (Wildman–Crippen MR) is 119 cm³/mol. The molecule has 1 aliphatic heterocycles. The van der Waals surface area contributed by atoms with E-state index >= 15 is 0 Å². The summed E-state index contributed by atoms with van der Waals surface area (Å²) in [6.45, 7) is 2.98. The van der Waals surface area contributed by atoms with Crippen LogP contribution in [0.1, 0.15) is 12.5 Å². The summed E-state index contributed by atoms with van der Waals surface area (Å²) >= 11 is 6.16. The van der Waals surface area contributed by atoms with Crippen molar-refractivity contribution in [2.75, 3.05) is 25.2 Å². The highest BCUT2D eigenvalue weighted by atomic mass is 35.5. The van der Waals surface area contributed by atoms with Gasteiger partial charge >= 0.3 is 0 Å². The predicted octanol–water partition coefficient (Wildman–Crippen LogP) is 5.99. The van der Waals surface area contributed by atoms with Gasteiger partial charge in [-0.15, -0.1) is 0 Å². The molecule has 1 aliphatic rings. The maximum absolute atomic E-state index is 6.47. The first kappa shape index (κ1) is 19.6. The highest BCUT2D eigenvalue weighted by molar-refractivity contribution is 6.30. The molecular formula is C24H23ClN2O2. The van der Waals surface area contributed by atoms with E-state index < -0.39 is 5.72 Å². The van der Waals surface area contributed by atoms with E-state index in [-0.39, 0.29) is 0 Å². The first-order valence-electron chi connectivity index (χ1n) is 9.56. The summed E-state index contributed by atoms with van der Waals surface area (Å²) in [6, 6.07) is 26.0. The van der Waals surface area contributed by atoms with Crippen LogP contribution in [-0.4, -0.2) is 31.8 Å². The topological polar surface area (TPSA) is 34.1 Å². The number of halogens is 1. The highest BCUT2D eigenvalue weighted by Gasteiger charge is 2.44. The smallest absolute Gasteiger partial charge is 0.186 e. The van der Waals surface area contributed by atoms with Gasteiger partial charge in [0, 0.05) is 23.4 Å². The SMILES string of the molecule is COCCOC1(C)C(c2ccccc2)=Nc2ccccc2N1c1ccc(Cl)cc1. The Morgan fingerprint density at radius 3 is 2.31 bits per heavy atom. The van der Waals surface area contributed by atoms with Crippen molar-refractivity contribution >= 4 is 34.4 Å². The van der Waals surface area contributed by atoms with Crippen LogP contribution in [0.3, 0.4) is 0 Å². The fourth-order valence-electron chi connectivity index (χ4n) is 3.67. The zero-order chi connectivity index (χ0) is 20.3. The average Bonchev–Trinajstić information content (AvgIpc) is 2.75. The van der Waals surface area contributed by atoms with Crippen LogP contribution in [-0.2, 0) is 9.47 Å². The van der Waals surface area contributed by atoms with Crippen molar-refractivity contribution in [3.05, 3.63) is 89.4 Å². The molecule has 29 heavy (non-hydrogen) atoms. The van der Waals surface area contributed by atoms with Crippen LogP contribution in [0.15, 0.2) is 83.9 Å². The Balaban J connectivity index is 1.92. The van der Waals surface area contributed by atoms with E-state index in [0.717, 1.165) is 28.3 Å². The zero-order valence-electron chi connectivity index (χ0n) is 16.5. The largest absolute Gasteiger partial charge is 0.382 e. The molecule has 0 aliphatic carbocycles. The average molecular weight is 407 g/mol. The Labute approximate surface area is 176 Å². The lowest BCUT2D eigenvalue weighted by molar-refractivity contribution is -0.00418. The van der Waals surface area contributed by atoms with E-state index in [2.05, 4.69) is 30.0 Å². The number of hydrogen-bond donors (Lipinski definition) is 0. The molecular weight excluding hydrogens is 384 g/mol. The van der Waals surface area contributed by atoms with E-state index in [0.29, 0.717) is 18.2 Å². The van der Waals surface area contributed by atoms with Gasteiger partial charge in [-0.05, 0) is 43.3 Å². The number of methoxy groups -OCH3 is 1. The maximum atomic E-state index is 6.47. The van der Waals surface area contributed by atoms with Crippen molar-refractivity contribution in [2.45, 2.75) is 12.6 Å². The monoisotopic (exact) mass is 406 g/mol. The number of anilines is 2. The molecule has 0 saturated heterocycles. The molecule has 0 saturated carbocycles. The maximum Gasteiger partial charge on any atom is 0.186 e. The van der Waals surface area contributed by atoms with Gasteiger partial charge in [-0.3, -0.25) is 0 Å².